The molecule has 0 radical (unpaired) electrons. The van der Waals surface area contributed by atoms with Gasteiger partial charge in [0.15, 0.2) is 5.96 Å². The van der Waals surface area contributed by atoms with Crippen molar-refractivity contribution in [2.24, 2.45) is 4.99 Å². The third kappa shape index (κ3) is 5.81. The number of guanidine groups is 1. The smallest absolute Gasteiger partial charge is 0.357 e. The van der Waals surface area contributed by atoms with E-state index >= 15 is 0 Å². The molecule has 0 aliphatic rings. The fourth-order valence-corrected chi connectivity index (χ4v) is 2.65. The second kappa shape index (κ2) is 9.22. The standard InChI is InChI=1S/C20H21F3N6/c1-2-25-19(27-12-15-4-3-5-17(10-15)20(21,22)23)28-13-16-6-7-26-18(11-16)29-9-8-24-14-29/h3-11,14H,2,12-13H2,1H3,(H2,25,27,28). The molecule has 2 aromatic heterocycles. The van der Waals surface area contributed by atoms with Crippen LogP contribution >= 0.6 is 0 Å². The van der Waals surface area contributed by atoms with Gasteiger partial charge in [-0.25, -0.2) is 15.0 Å². The first kappa shape index (κ1) is 20.4. The molecule has 0 bridgehead atoms. The molecule has 0 aliphatic carbocycles. The minimum Gasteiger partial charge on any atom is -0.357 e. The summed E-state index contributed by atoms with van der Waals surface area (Å²) in [4.78, 5) is 12.7. The highest BCUT2D eigenvalue weighted by Gasteiger charge is 2.30. The predicted octanol–water partition coefficient (Wildman–Crippen LogP) is 3.54. The number of imidazole rings is 1. The van der Waals surface area contributed by atoms with Gasteiger partial charge in [0, 0.05) is 31.7 Å². The number of hydrogen-bond acceptors (Lipinski definition) is 3. The van der Waals surface area contributed by atoms with Crippen LogP contribution in [0, 0.1) is 0 Å². The maximum absolute atomic E-state index is 12.9. The summed E-state index contributed by atoms with van der Waals surface area (Å²) >= 11 is 0. The maximum Gasteiger partial charge on any atom is 0.416 e. The Balaban J connectivity index is 1.67. The lowest BCUT2D eigenvalue weighted by Crippen LogP contribution is -2.36. The van der Waals surface area contributed by atoms with Crippen LogP contribution in [-0.2, 0) is 19.3 Å². The first-order valence-electron chi connectivity index (χ1n) is 9.07. The van der Waals surface area contributed by atoms with Crippen LogP contribution in [-0.4, -0.2) is 27.0 Å². The molecule has 0 unspecified atom stereocenters. The summed E-state index contributed by atoms with van der Waals surface area (Å²) in [6.45, 7) is 3.17. The van der Waals surface area contributed by atoms with Crippen LogP contribution in [0.2, 0.25) is 0 Å². The number of benzene rings is 1. The molecule has 6 nitrogen and oxygen atoms in total. The zero-order valence-corrected chi connectivity index (χ0v) is 15.8. The van der Waals surface area contributed by atoms with E-state index in [0.717, 1.165) is 23.5 Å². The summed E-state index contributed by atoms with van der Waals surface area (Å²) in [6.07, 6.45) is 2.49. The number of alkyl halides is 3. The molecule has 0 atom stereocenters. The topological polar surface area (TPSA) is 67.1 Å². The molecule has 0 amide bonds. The molecule has 0 saturated heterocycles. The van der Waals surface area contributed by atoms with E-state index in [0.29, 0.717) is 24.6 Å². The second-order valence-corrected chi connectivity index (χ2v) is 6.24. The fraction of sp³-hybridized carbons (Fsp3) is 0.250. The minimum absolute atomic E-state index is 0.135. The van der Waals surface area contributed by atoms with Crippen LogP contribution in [0.4, 0.5) is 13.2 Å². The van der Waals surface area contributed by atoms with Gasteiger partial charge >= 0.3 is 6.18 Å². The van der Waals surface area contributed by atoms with Crippen molar-refractivity contribution in [2.45, 2.75) is 26.2 Å². The zero-order valence-electron chi connectivity index (χ0n) is 15.8. The number of hydrogen-bond donors (Lipinski definition) is 2. The van der Waals surface area contributed by atoms with Crippen LogP contribution in [0.5, 0.6) is 0 Å². The lowest BCUT2D eigenvalue weighted by molar-refractivity contribution is -0.137. The van der Waals surface area contributed by atoms with Crippen LogP contribution in [0.3, 0.4) is 0 Å². The Morgan fingerprint density at radius 3 is 2.69 bits per heavy atom. The molecule has 0 spiro atoms. The summed E-state index contributed by atoms with van der Waals surface area (Å²) < 4.78 is 40.4. The van der Waals surface area contributed by atoms with Crippen LogP contribution in [0.1, 0.15) is 23.6 Å². The summed E-state index contributed by atoms with van der Waals surface area (Å²) in [5.41, 5.74) is 0.795. The Bertz CT molecular complexity index is 951. The van der Waals surface area contributed by atoms with Crippen molar-refractivity contribution in [3.05, 3.63) is 78.0 Å². The largest absolute Gasteiger partial charge is 0.416 e. The third-order valence-corrected chi connectivity index (χ3v) is 4.06. The quantitative estimate of drug-likeness (QED) is 0.489. The van der Waals surface area contributed by atoms with Crippen molar-refractivity contribution in [3.8, 4) is 5.82 Å². The van der Waals surface area contributed by atoms with Gasteiger partial charge in [-0.3, -0.25) is 4.57 Å². The molecule has 2 N–H and O–H groups in total. The first-order valence-corrected chi connectivity index (χ1v) is 9.07. The third-order valence-electron chi connectivity index (χ3n) is 4.06. The van der Waals surface area contributed by atoms with Crippen LogP contribution in [0.15, 0.2) is 66.3 Å². The molecular formula is C20H21F3N6. The van der Waals surface area contributed by atoms with E-state index in [9.17, 15) is 13.2 Å². The van der Waals surface area contributed by atoms with Gasteiger partial charge in [0.2, 0.25) is 0 Å². The predicted molar refractivity (Wildman–Crippen MR) is 104 cm³/mol. The normalized spacial score (nSPS) is 12.1. The van der Waals surface area contributed by atoms with Crippen molar-refractivity contribution in [1.29, 1.82) is 0 Å². The SMILES string of the molecule is CCNC(=NCc1cccc(C(F)(F)F)c1)NCc1ccnc(-n2ccnc2)c1. The van der Waals surface area contributed by atoms with Gasteiger partial charge in [-0.2, -0.15) is 13.2 Å². The van der Waals surface area contributed by atoms with Crippen LogP contribution < -0.4 is 10.6 Å². The average molecular weight is 402 g/mol. The van der Waals surface area contributed by atoms with E-state index in [1.54, 1.807) is 35.6 Å². The van der Waals surface area contributed by atoms with Gasteiger partial charge in [-0.1, -0.05) is 12.1 Å². The van der Waals surface area contributed by atoms with E-state index in [2.05, 4.69) is 25.6 Å². The molecule has 29 heavy (non-hydrogen) atoms. The van der Waals surface area contributed by atoms with Gasteiger partial charge in [0.25, 0.3) is 0 Å². The van der Waals surface area contributed by atoms with Crippen molar-refractivity contribution < 1.29 is 13.2 Å². The monoisotopic (exact) mass is 402 g/mol. The van der Waals surface area contributed by atoms with E-state index in [1.165, 1.54) is 6.07 Å². The molecule has 0 aliphatic heterocycles. The van der Waals surface area contributed by atoms with E-state index < -0.39 is 11.7 Å². The molecule has 2 heterocycles. The highest BCUT2D eigenvalue weighted by Crippen LogP contribution is 2.29. The van der Waals surface area contributed by atoms with Gasteiger partial charge in [-0.05, 0) is 42.3 Å². The molecule has 152 valence electrons. The fourth-order valence-electron chi connectivity index (χ4n) is 2.65. The lowest BCUT2D eigenvalue weighted by atomic mass is 10.1. The van der Waals surface area contributed by atoms with Gasteiger partial charge in [0.1, 0.15) is 12.1 Å². The summed E-state index contributed by atoms with van der Waals surface area (Å²) in [7, 11) is 0. The molecule has 3 aromatic rings. The Morgan fingerprint density at radius 2 is 1.97 bits per heavy atom. The number of halogens is 3. The number of pyridine rings is 1. The molecule has 1 aromatic carbocycles. The van der Waals surface area contributed by atoms with Crippen molar-refractivity contribution in [1.82, 2.24) is 25.2 Å². The van der Waals surface area contributed by atoms with E-state index in [1.807, 2.05) is 19.1 Å². The lowest BCUT2D eigenvalue weighted by Gasteiger charge is -2.12. The summed E-state index contributed by atoms with van der Waals surface area (Å²) in [6, 6.07) is 8.99. The Hall–Kier alpha value is -3.36. The number of aromatic nitrogens is 3. The molecule has 3 rings (SSSR count). The Kier molecular flexibility index (Phi) is 6.48. The first-order chi connectivity index (χ1) is 14.0. The number of rotatable bonds is 6. The molecule has 9 heteroatoms. The molecule has 0 fully saturated rings. The van der Waals surface area contributed by atoms with Crippen LogP contribution in [0.25, 0.3) is 5.82 Å². The van der Waals surface area contributed by atoms with Gasteiger partial charge in [0.05, 0.1) is 12.1 Å². The van der Waals surface area contributed by atoms with E-state index in [4.69, 9.17) is 0 Å². The van der Waals surface area contributed by atoms with Crippen molar-refractivity contribution in [3.63, 3.8) is 0 Å². The van der Waals surface area contributed by atoms with Crippen molar-refractivity contribution >= 4 is 5.96 Å². The summed E-state index contributed by atoms with van der Waals surface area (Å²) in [5.74, 6) is 1.26. The Morgan fingerprint density at radius 1 is 1.10 bits per heavy atom. The van der Waals surface area contributed by atoms with Gasteiger partial charge < -0.3 is 10.6 Å². The second-order valence-electron chi connectivity index (χ2n) is 6.24. The van der Waals surface area contributed by atoms with Crippen molar-refractivity contribution in [2.75, 3.05) is 6.54 Å². The average Bonchev–Trinajstić information content (AvgIpc) is 3.25. The maximum atomic E-state index is 12.9. The Labute approximate surface area is 166 Å². The van der Waals surface area contributed by atoms with E-state index in [-0.39, 0.29) is 6.54 Å². The van der Waals surface area contributed by atoms with Gasteiger partial charge in [-0.15, -0.1) is 0 Å². The number of nitrogens with one attached hydrogen (secondary N) is 2. The number of aliphatic imine (C=N–C) groups is 1. The highest BCUT2D eigenvalue weighted by atomic mass is 19.4. The highest BCUT2D eigenvalue weighted by molar-refractivity contribution is 5.79. The number of nitrogens with zero attached hydrogens (tertiary/aromatic N) is 4. The minimum atomic E-state index is -4.36. The zero-order chi connectivity index (χ0) is 20.7. The molecule has 0 saturated carbocycles. The molecular weight excluding hydrogens is 381 g/mol. The summed E-state index contributed by atoms with van der Waals surface area (Å²) in [5, 5.41) is 6.28.